The van der Waals surface area contributed by atoms with Crippen molar-refractivity contribution < 1.29 is 19.1 Å². The summed E-state index contributed by atoms with van der Waals surface area (Å²) in [6.45, 7) is 5.55. The number of rotatable bonds is 7. The van der Waals surface area contributed by atoms with Gasteiger partial charge in [0.25, 0.3) is 0 Å². The number of hydrogen-bond donors (Lipinski definition) is 1. The molecule has 0 aromatic heterocycles. The average molecular weight is 419 g/mol. The first-order chi connectivity index (χ1) is 14.4. The van der Waals surface area contributed by atoms with Crippen molar-refractivity contribution in [2.45, 2.75) is 84.1 Å². The van der Waals surface area contributed by atoms with Crippen LogP contribution in [0.3, 0.4) is 0 Å². The van der Waals surface area contributed by atoms with Crippen LogP contribution < -0.4 is 5.32 Å². The van der Waals surface area contributed by atoms with Crippen LogP contribution in [0.1, 0.15) is 78.1 Å². The molecule has 6 heteroatoms. The molecule has 2 amide bonds. The number of ether oxygens (including phenoxy) is 1. The summed E-state index contributed by atoms with van der Waals surface area (Å²) in [4.78, 5) is 38.8. The van der Waals surface area contributed by atoms with Crippen LogP contribution in [-0.4, -0.2) is 48.4 Å². The zero-order chi connectivity index (χ0) is 21.3. The van der Waals surface area contributed by atoms with E-state index in [1.165, 1.54) is 38.5 Å². The predicted octanol–water partition coefficient (Wildman–Crippen LogP) is 3.29. The summed E-state index contributed by atoms with van der Waals surface area (Å²) in [7, 11) is 0. The van der Waals surface area contributed by atoms with E-state index in [9.17, 15) is 14.4 Å². The van der Waals surface area contributed by atoms with Crippen LogP contribution in [0.25, 0.3) is 0 Å². The van der Waals surface area contributed by atoms with E-state index in [1.54, 1.807) is 4.90 Å². The van der Waals surface area contributed by atoms with E-state index >= 15 is 0 Å². The summed E-state index contributed by atoms with van der Waals surface area (Å²) in [5.41, 5.74) is 0.295. The number of carbonyl (C=O) groups excluding carboxylic acids is 3. The highest BCUT2D eigenvalue weighted by molar-refractivity contribution is 5.84. The zero-order valence-electron chi connectivity index (χ0n) is 18.7. The Kier molecular flexibility index (Phi) is 6.40. The van der Waals surface area contributed by atoms with Crippen LogP contribution in [0.5, 0.6) is 0 Å². The highest BCUT2D eigenvalue weighted by Crippen LogP contribution is 2.61. The normalized spacial score (nSPS) is 33.9. The van der Waals surface area contributed by atoms with Crippen molar-refractivity contribution in [3.05, 3.63) is 0 Å². The Hall–Kier alpha value is -1.59. The summed E-state index contributed by atoms with van der Waals surface area (Å²) in [5, 5.41) is 3.26. The van der Waals surface area contributed by atoms with Crippen molar-refractivity contribution >= 4 is 17.8 Å². The third-order valence-corrected chi connectivity index (χ3v) is 8.42. The van der Waals surface area contributed by atoms with Gasteiger partial charge in [-0.25, -0.2) is 0 Å². The van der Waals surface area contributed by atoms with Gasteiger partial charge in [0, 0.05) is 32.0 Å². The molecule has 4 bridgehead atoms. The minimum absolute atomic E-state index is 0.00741. The fourth-order valence-electron chi connectivity index (χ4n) is 7.18. The van der Waals surface area contributed by atoms with E-state index in [2.05, 4.69) is 12.2 Å². The molecule has 5 rings (SSSR count). The third-order valence-electron chi connectivity index (χ3n) is 8.42. The molecular weight excluding hydrogens is 380 g/mol. The van der Waals surface area contributed by atoms with Gasteiger partial charge in [-0.2, -0.15) is 0 Å². The van der Waals surface area contributed by atoms with Gasteiger partial charge in [0.2, 0.25) is 11.8 Å². The second kappa shape index (κ2) is 8.88. The quantitative estimate of drug-likeness (QED) is 0.644. The summed E-state index contributed by atoms with van der Waals surface area (Å²) < 4.78 is 5.09. The SMILES string of the molecule is CCOC(=O)C1CCN(C(=O)CCC(=O)N[C@@H](C)C23CC4CC(CC(C4)C2)C3)CC1. The molecule has 0 unspecified atom stereocenters. The molecule has 5 aliphatic rings. The van der Waals surface area contributed by atoms with E-state index in [-0.39, 0.29) is 42.6 Å². The first-order valence-corrected chi connectivity index (χ1v) is 12.1. The van der Waals surface area contributed by atoms with E-state index in [0.29, 0.717) is 38.0 Å². The first kappa shape index (κ1) is 21.6. The lowest BCUT2D eigenvalue weighted by molar-refractivity contribution is -0.151. The Bertz CT molecular complexity index is 633. The maximum atomic E-state index is 12.6. The number of likely N-dealkylation sites (tertiary alicyclic amines) is 1. The van der Waals surface area contributed by atoms with Gasteiger partial charge in [-0.05, 0) is 88.4 Å². The van der Waals surface area contributed by atoms with E-state index in [1.807, 2.05) is 6.92 Å². The van der Waals surface area contributed by atoms with Crippen LogP contribution in [0.15, 0.2) is 0 Å². The van der Waals surface area contributed by atoms with Crippen LogP contribution in [0.2, 0.25) is 0 Å². The minimum Gasteiger partial charge on any atom is -0.466 e. The van der Waals surface area contributed by atoms with Crippen molar-refractivity contribution in [2.75, 3.05) is 19.7 Å². The molecule has 0 aromatic rings. The lowest BCUT2D eigenvalue weighted by Gasteiger charge is -2.59. The maximum Gasteiger partial charge on any atom is 0.309 e. The maximum absolute atomic E-state index is 12.6. The molecule has 1 atom stereocenters. The van der Waals surface area contributed by atoms with Crippen LogP contribution in [-0.2, 0) is 19.1 Å². The van der Waals surface area contributed by atoms with Crippen LogP contribution in [0.4, 0.5) is 0 Å². The summed E-state index contributed by atoms with van der Waals surface area (Å²) in [6.07, 6.45) is 9.85. The Labute approximate surface area is 180 Å². The lowest BCUT2D eigenvalue weighted by Crippen LogP contribution is -2.55. The van der Waals surface area contributed by atoms with Crippen molar-refractivity contribution in [2.24, 2.45) is 29.1 Å². The molecule has 0 spiro atoms. The Morgan fingerprint density at radius 1 is 1.00 bits per heavy atom. The van der Waals surface area contributed by atoms with Crippen molar-refractivity contribution in [3.63, 3.8) is 0 Å². The number of piperidine rings is 1. The lowest BCUT2D eigenvalue weighted by atomic mass is 9.48. The molecule has 0 radical (unpaired) electrons. The second-order valence-electron chi connectivity index (χ2n) is 10.5. The standard InChI is InChI=1S/C24H38N2O4/c1-3-30-23(29)20-6-8-26(9-7-20)22(28)5-4-21(27)25-16(2)24-13-17-10-18(14-24)12-19(11-17)15-24/h16-20H,3-15H2,1-2H3,(H,25,27)/t16-,17?,18?,19?,24?/m0/s1. The Balaban J connectivity index is 1.20. The fourth-order valence-corrected chi connectivity index (χ4v) is 7.18. The highest BCUT2D eigenvalue weighted by atomic mass is 16.5. The zero-order valence-corrected chi connectivity index (χ0v) is 18.7. The second-order valence-corrected chi connectivity index (χ2v) is 10.5. The van der Waals surface area contributed by atoms with Gasteiger partial charge in [0.05, 0.1) is 12.5 Å². The van der Waals surface area contributed by atoms with Gasteiger partial charge >= 0.3 is 5.97 Å². The third kappa shape index (κ3) is 4.52. The smallest absolute Gasteiger partial charge is 0.309 e. The molecule has 0 aromatic carbocycles. The molecular formula is C24H38N2O4. The molecule has 1 saturated heterocycles. The molecule has 5 fully saturated rings. The van der Waals surface area contributed by atoms with Gasteiger partial charge in [0.15, 0.2) is 0 Å². The van der Waals surface area contributed by atoms with Crippen LogP contribution >= 0.6 is 0 Å². The highest BCUT2D eigenvalue weighted by Gasteiger charge is 2.53. The Morgan fingerprint density at radius 2 is 1.57 bits per heavy atom. The summed E-state index contributed by atoms with van der Waals surface area (Å²) >= 11 is 0. The van der Waals surface area contributed by atoms with Gasteiger partial charge in [0.1, 0.15) is 0 Å². The molecule has 1 heterocycles. The van der Waals surface area contributed by atoms with E-state index < -0.39 is 0 Å². The van der Waals surface area contributed by atoms with Gasteiger partial charge in [-0.15, -0.1) is 0 Å². The molecule has 4 saturated carbocycles. The largest absolute Gasteiger partial charge is 0.466 e. The number of hydrogen-bond acceptors (Lipinski definition) is 4. The fraction of sp³-hybridized carbons (Fsp3) is 0.875. The van der Waals surface area contributed by atoms with Crippen LogP contribution in [0, 0.1) is 29.1 Å². The molecule has 4 aliphatic carbocycles. The topological polar surface area (TPSA) is 75.7 Å². The van der Waals surface area contributed by atoms with E-state index in [4.69, 9.17) is 4.74 Å². The summed E-state index contributed by atoms with van der Waals surface area (Å²) in [6, 6.07) is 0.203. The molecule has 168 valence electrons. The Morgan fingerprint density at radius 3 is 2.10 bits per heavy atom. The number of nitrogens with one attached hydrogen (secondary N) is 1. The van der Waals surface area contributed by atoms with E-state index in [0.717, 1.165) is 17.8 Å². The molecule has 1 aliphatic heterocycles. The molecule has 30 heavy (non-hydrogen) atoms. The van der Waals surface area contributed by atoms with Gasteiger partial charge in [-0.1, -0.05) is 0 Å². The number of esters is 1. The predicted molar refractivity (Wildman–Crippen MR) is 113 cm³/mol. The van der Waals surface area contributed by atoms with Crippen molar-refractivity contribution in [1.82, 2.24) is 10.2 Å². The minimum atomic E-state index is -0.150. The average Bonchev–Trinajstić information content (AvgIpc) is 2.71. The van der Waals surface area contributed by atoms with Gasteiger partial charge in [-0.3, -0.25) is 14.4 Å². The molecule has 6 nitrogen and oxygen atoms in total. The van der Waals surface area contributed by atoms with Gasteiger partial charge < -0.3 is 15.0 Å². The van der Waals surface area contributed by atoms with Crippen molar-refractivity contribution in [1.29, 1.82) is 0 Å². The number of amides is 2. The summed E-state index contributed by atoms with van der Waals surface area (Å²) in [5.74, 6) is 2.39. The molecule has 1 N–H and O–H groups in total. The number of carbonyl (C=O) groups is 3. The first-order valence-electron chi connectivity index (χ1n) is 12.1. The van der Waals surface area contributed by atoms with Crippen molar-refractivity contribution in [3.8, 4) is 0 Å². The number of nitrogens with zero attached hydrogens (tertiary/aromatic N) is 1. The monoisotopic (exact) mass is 418 g/mol.